The zero-order chi connectivity index (χ0) is 13.4. The number of amides is 1. The molecule has 5 nitrogen and oxygen atoms in total. The van der Waals surface area contributed by atoms with Crippen molar-refractivity contribution in [2.45, 2.75) is 32.1 Å². The smallest absolute Gasteiger partial charge is 0.259 e. The quantitative estimate of drug-likeness (QED) is 0.884. The molecule has 0 aromatic carbocycles. The van der Waals surface area contributed by atoms with Crippen LogP contribution in [0, 0.1) is 0 Å². The molecule has 0 saturated carbocycles. The maximum atomic E-state index is 12.1. The number of thiophene rings is 1. The number of aryl methyl sites for hydroxylation is 3. The van der Waals surface area contributed by atoms with Crippen molar-refractivity contribution in [3.8, 4) is 0 Å². The van der Waals surface area contributed by atoms with Crippen molar-refractivity contribution < 1.29 is 4.79 Å². The van der Waals surface area contributed by atoms with Crippen molar-refractivity contribution in [2.75, 3.05) is 7.05 Å². The standard InChI is InChI=1S/C13H15N3O2S/c1-14-10(17)6-5-9-15-12(18)11-7-3-2-4-8(7)19-13(11)16-9/h2-6H2,1H3,(H,14,17)(H,15,16,18). The van der Waals surface area contributed by atoms with E-state index in [1.807, 2.05) is 0 Å². The van der Waals surface area contributed by atoms with Gasteiger partial charge in [0.05, 0.1) is 5.39 Å². The highest BCUT2D eigenvalue weighted by Crippen LogP contribution is 2.34. The van der Waals surface area contributed by atoms with Crippen LogP contribution in [-0.4, -0.2) is 22.9 Å². The van der Waals surface area contributed by atoms with Crippen molar-refractivity contribution in [1.29, 1.82) is 0 Å². The number of carbonyl (C=O) groups excluding carboxylic acids is 1. The van der Waals surface area contributed by atoms with Crippen molar-refractivity contribution in [2.24, 2.45) is 0 Å². The van der Waals surface area contributed by atoms with Crippen LogP contribution in [0.4, 0.5) is 0 Å². The van der Waals surface area contributed by atoms with Gasteiger partial charge in [-0.05, 0) is 24.8 Å². The second-order valence-corrected chi connectivity index (χ2v) is 5.81. The van der Waals surface area contributed by atoms with Gasteiger partial charge in [0.1, 0.15) is 10.7 Å². The molecule has 6 heteroatoms. The van der Waals surface area contributed by atoms with Crippen molar-refractivity contribution in [1.82, 2.24) is 15.3 Å². The van der Waals surface area contributed by atoms with E-state index in [1.54, 1.807) is 18.4 Å². The molecule has 0 spiro atoms. The normalized spacial score (nSPS) is 13.7. The summed E-state index contributed by atoms with van der Waals surface area (Å²) in [5.74, 6) is 0.553. The van der Waals surface area contributed by atoms with E-state index in [2.05, 4.69) is 15.3 Å². The van der Waals surface area contributed by atoms with E-state index in [9.17, 15) is 9.59 Å². The zero-order valence-corrected chi connectivity index (χ0v) is 11.5. The van der Waals surface area contributed by atoms with Crippen LogP contribution in [0.3, 0.4) is 0 Å². The van der Waals surface area contributed by atoms with Crippen LogP contribution in [0.15, 0.2) is 4.79 Å². The van der Waals surface area contributed by atoms with E-state index in [4.69, 9.17) is 0 Å². The number of nitrogens with one attached hydrogen (secondary N) is 2. The Kier molecular flexibility index (Phi) is 3.10. The predicted octanol–water partition coefficient (Wildman–Crippen LogP) is 1.15. The van der Waals surface area contributed by atoms with Gasteiger partial charge in [-0.2, -0.15) is 0 Å². The molecule has 100 valence electrons. The Morgan fingerprint density at radius 1 is 1.47 bits per heavy atom. The Balaban J connectivity index is 1.97. The summed E-state index contributed by atoms with van der Waals surface area (Å²) in [4.78, 5) is 32.8. The van der Waals surface area contributed by atoms with Crippen LogP contribution >= 0.6 is 11.3 Å². The molecule has 1 aliphatic rings. The lowest BCUT2D eigenvalue weighted by Crippen LogP contribution is -2.19. The second-order valence-electron chi connectivity index (χ2n) is 4.72. The number of nitrogens with zero attached hydrogens (tertiary/aromatic N) is 1. The highest BCUT2D eigenvalue weighted by molar-refractivity contribution is 7.18. The van der Waals surface area contributed by atoms with E-state index in [-0.39, 0.29) is 11.5 Å². The average Bonchev–Trinajstić information content (AvgIpc) is 2.95. The first-order valence-corrected chi connectivity index (χ1v) is 7.24. The Bertz CT molecular complexity index is 702. The Labute approximate surface area is 114 Å². The van der Waals surface area contributed by atoms with Gasteiger partial charge in [-0.1, -0.05) is 0 Å². The Hall–Kier alpha value is -1.69. The van der Waals surface area contributed by atoms with Gasteiger partial charge in [-0.15, -0.1) is 11.3 Å². The highest BCUT2D eigenvalue weighted by atomic mass is 32.1. The Morgan fingerprint density at radius 2 is 2.32 bits per heavy atom. The van der Waals surface area contributed by atoms with Gasteiger partial charge >= 0.3 is 0 Å². The molecule has 0 saturated heterocycles. The lowest BCUT2D eigenvalue weighted by Gasteiger charge is -2.01. The van der Waals surface area contributed by atoms with E-state index in [0.29, 0.717) is 18.7 Å². The molecule has 0 aliphatic heterocycles. The minimum Gasteiger partial charge on any atom is -0.359 e. The summed E-state index contributed by atoms with van der Waals surface area (Å²) in [6.45, 7) is 0. The van der Waals surface area contributed by atoms with Crippen LogP contribution < -0.4 is 10.9 Å². The second kappa shape index (κ2) is 4.77. The van der Waals surface area contributed by atoms with Gasteiger partial charge < -0.3 is 10.3 Å². The highest BCUT2D eigenvalue weighted by Gasteiger charge is 2.21. The third-order valence-corrected chi connectivity index (χ3v) is 4.68. The maximum Gasteiger partial charge on any atom is 0.259 e. The number of aromatic amines is 1. The molecule has 2 N–H and O–H groups in total. The van der Waals surface area contributed by atoms with Crippen LogP contribution in [-0.2, 0) is 24.1 Å². The van der Waals surface area contributed by atoms with E-state index >= 15 is 0 Å². The molecule has 0 radical (unpaired) electrons. The topological polar surface area (TPSA) is 74.8 Å². The number of hydrogen-bond acceptors (Lipinski definition) is 4. The third kappa shape index (κ3) is 2.16. The van der Waals surface area contributed by atoms with E-state index in [1.165, 1.54) is 10.4 Å². The summed E-state index contributed by atoms with van der Waals surface area (Å²) >= 11 is 1.62. The van der Waals surface area contributed by atoms with Crippen LogP contribution in [0.1, 0.15) is 29.1 Å². The molecular formula is C13H15N3O2S. The van der Waals surface area contributed by atoms with E-state index in [0.717, 1.165) is 29.5 Å². The molecule has 0 bridgehead atoms. The molecule has 0 atom stereocenters. The summed E-state index contributed by atoms with van der Waals surface area (Å²) in [6, 6.07) is 0. The number of aromatic nitrogens is 2. The summed E-state index contributed by atoms with van der Waals surface area (Å²) in [5.41, 5.74) is 1.13. The van der Waals surface area contributed by atoms with Gasteiger partial charge in [0.2, 0.25) is 5.91 Å². The molecular weight excluding hydrogens is 262 g/mol. The summed E-state index contributed by atoms with van der Waals surface area (Å²) in [6.07, 6.45) is 3.99. The molecule has 2 aromatic heterocycles. The molecule has 1 amide bonds. The van der Waals surface area contributed by atoms with Crippen molar-refractivity contribution in [3.63, 3.8) is 0 Å². The number of fused-ring (bicyclic) bond motifs is 3. The number of rotatable bonds is 3. The average molecular weight is 277 g/mol. The molecule has 19 heavy (non-hydrogen) atoms. The lowest BCUT2D eigenvalue weighted by atomic mass is 10.2. The largest absolute Gasteiger partial charge is 0.359 e. The predicted molar refractivity (Wildman–Crippen MR) is 74.7 cm³/mol. The molecule has 2 aromatic rings. The minimum atomic E-state index is -0.0590. The van der Waals surface area contributed by atoms with Gasteiger partial charge in [-0.3, -0.25) is 9.59 Å². The Morgan fingerprint density at radius 3 is 3.11 bits per heavy atom. The maximum absolute atomic E-state index is 12.1. The fraction of sp³-hybridized carbons (Fsp3) is 0.462. The monoisotopic (exact) mass is 277 g/mol. The van der Waals surface area contributed by atoms with Crippen molar-refractivity contribution >= 4 is 27.5 Å². The number of carbonyl (C=O) groups is 1. The minimum absolute atomic E-state index is 0.0450. The molecule has 0 fully saturated rings. The first-order chi connectivity index (χ1) is 9.19. The van der Waals surface area contributed by atoms with Gasteiger partial charge in [0.25, 0.3) is 5.56 Å². The van der Waals surface area contributed by atoms with Gasteiger partial charge in [0, 0.05) is 24.8 Å². The molecule has 3 rings (SSSR count). The van der Waals surface area contributed by atoms with Gasteiger partial charge in [-0.25, -0.2) is 4.98 Å². The summed E-state index contributed by atoms with van der Waals surface area (Å²) < 4.78 is 0. The fourth-order valence-corrected chi connectivity index (χ4v) is 3.80. The first kappa shape index (κ1) is 12.3. The molecule has 0 unspecified atom stereocenters. The third-order valence-electron chi connectivity index (χ3n) is 3.49. The number of hydrogen-bond donors (Lipinski definition) is 2. The van der Waals surface area contributed by atoms with Crippen LogP contribution in [0.2, 0.25) is 0 Å². The molecule has 2 heterocycles. The van der Waals surface area contributed by atoms with Gasteiger partial charge in [0.15, 0.2) is 0 Å². The SMILES string of the molecule is CNC(=O)CCc1nc2sc3c(c2c(=O)[nH]1)CCC3. The summed E-state index contributed by atoms with van der Waals surface area (Å²) in [7, 11) is 1.60. The first-order valence-electron chi connectivity index (χ1n) is 6.43. The fourth-order valence-electron chi connectivity index (χ4n) is 2.52. The van der Waals surface area contributed by atoms with Crippen LogP contribution in [0.25, 0.3) is 10.2 Å². The summed E-state index contributed by atoms with van der Waals surface area (Å²) in [5, 5.41) is 3.33. The zero-order valence-electron chi connectivity index (χ0n) is 10.7. The molecule has 1 aliphatic carbocycles. The van der Waals surface area contributed by atoms with Crippen LogP contribution in [0.5, 0.6) is 0 Å². The lowest BCUT2D eigenvalue weighted by molar-refractivity contribution is -0.120. The van der Waals surface area contributed by atoms with Crippen molar-refractivity contribution in [3.05, 3.63) is 26.6 Å². The van der Waals surface area contributed by atoms with E-state index < -0.39 is 0 Å². The number of H-pyrrole nitrogens is 1.